The van der Waals surface area contributed by atoms with Crippen LogP contribution in [0.4, 0.5) is 0 Å². The van der Waals surface area contributed by atoms with Crippen LogP contribution in [0, 0.1) is 0 Å². The van der Waals surface area contributed by atoms with E-state index < -0.39 is 21.9 Å². The second kappa shape index (κ2) is 8.11. The topological polar surface area (TPSA) is 77.3 Å². The van der Waals surface area contributed by atoms with Crippen molar-refractivity contribution in [2.24, 2.45) is 0 Å². The van der Waals surface area contributed by atoms with Gasteiger partial charge in [-0.05, 0) is 29.8 Å². The minimum absolute atomic E-state index is 0.0281. The number of rotatable bonds is 5. The van der Waals surface area contributed by atoms with E-state index in [0.29, 0.717) is 26.2 Å². The molecule has 2 atom stereocenters. The zero-order chi connectivity index (χ0) is 21.5. The van der Waals surface area contributed by atoms with E-state index >= 15 is 0 Å². The monoisotopic (exact) mass is 486 g/mol. The Hall–Kier alpha value is -1.68. The van der Waals surface area contributed by atoms with Crippen LogP contribution in [0.2, 0.25) is 15.1 Å². The molecule has 0 amide bonds. The Kier molecular flexibility index (Phi) is 5.82. The van der Waals surface area contributed by atoms with Gasteiger partial charge in [-0.3, -0.25) is 0 Å². The highest BCUT2D eigenvalue weighted by Crippen LogP contribution is 2.47. The molecule has 0 bridgehead atoms. The third kappa shape index (κ3) is 4.21. The van der Waals surface area contributed by atoms with Gasteiger partial charge in [0.1, 0.15) is 18.3 Å². The molecule has 0 N–H and O–H groups in total. The molecule has 3 aromatic rings. The van der Waals surface area contributed by atoms with Crippen LogP contribution in [-0.4, -0.2) is 40.3 Å². The number of sulfonamides is 1. The molecule has 2 aromatic carbocycles. The van der Waals surface area contributed by atoms with Crippen molar-refractivity contribution < 1.29 is 13.2 Å². The zero-order valence-corrected chi connectivity index (χ0v) is 18.8. The maximum atomic E-state index is 12.7. The van der Waals surface area contributed by atoms with E-state index in [9.17, 15) is 8.42 Å². The molecule has 2 unspecified atom stereocenters. The molecule has 0 radical (unpaired) electrons. The molecule has 1 fully saturated rings. The number of ether oxygens (including phenoxy) is 1. The van der Waals surface area contributed by atoms with Crippen molar-refractivity contribution in [2.75, 3.05) is 12.8 Å². The lowest BCUT2D eigenvalue weighted by Gasteiger charge is -2.29. The molecule has 11 heteroatoms. The number of hydrogen-bond donors (Lipinski definition) is 0. The summed E-state index contributed by atoms with van der Waals surface area (Å²) >= 11 is 18.6. The van der Waals surface area contributed by atoms with Crippen LogP contribution in [0.3, 0.4) is 0 Å². The lowest BCUT2D eigenvalue weighted by molar-refractivity contribution is -0.0651. The second-order valence-electron chi connectivity index (χ2n) is 7.04. The van der Waals surface area contributed by atoms with Gasteiger partial charge in [-0.1, -0.05) is 53.0 Å². The number of halogens is 3. The highest BCUT2D eigenvalue weighted by Gasteiger charge is 2.51. The van der Waals surface area contributed by atoms with Crippen molar-refractivity contribution in [1.29, 1.82) is 0 Å². The highest BCUT2D eigenvalue weighted by molar-refractivity contribution is 7.88. The third-order valence-corrected chi connectivity index (χ3v) is 6.87. The Labute approximate surface area is 189 Å². The minimum Gasteiger partial charge on any atom is -0.343 e. The Bertz CT molecular complexity index is 1160. The van der Waals surface area contributed by atoms with Gasteiger partial charge in [0.2, 0.25) is 10.0 Å². The van der Waals surface area contributed by atoms with E-state index in [1.807, 2.05) is 0 Å². The Morgan fingerprint density at radius 1 is 1.13 bits per heavy atom. The molecule has 0 saturated carbocycles. The minimum atomic E-state index is -3.63. The standard InChI is InChI=1S/C19H17Cl3N4O3S/c1-30(27,28)26-10-19(9-25-12-23-11-24-25,16-7-6-15(21)8-17(16)22)29-18(26)13-2-4-14(20)5-3-13/h2-8,11-12,18H,9-10H2,1H3. The van der Waals surface area contributed by atoms with Crippen molar-refractivity contribution in [2.45, 2.75) is 18.4 Å². The van der Waals surface area contributed by atoms with Crippen LogP contribution in [-0.2, 0) is 26.9 Å². The van der Waals surface area contributed by atoms with Crippen molar-refractivity contribution in [1.82, 2.24) is 19.1 Å². The molecule has 7 nitrogen and oxygen atoms in total. The average molecular weight is 488 g/mol. The summed E-state index contributed by atoms with van der Waals surface area (Å²) in [5, 5.41) is 5.54. The van der Waals surface area contributed by atoms with Crippen LogP contribution in [0.25, 0.3) is 0 Å². The third-order valence-electron chi connectivity index (χ3n) is 4.90. The fraction of sp³-hybridized carbons (Fsp3) is 0.263. The van der Waals surface area contributed by atoms with Gasteiger partial charge in [0.25, 0.3) is 0 Å². The van der Waals surface area contributed by atoms with E-state index in [0.717, 1.165) is 6.26 Å². The molecule has 0 aliphatic carbocycles. The molecular weight excluding hydrogens is 471 g/mol. The fourth-order valence-electron chi connectivity index (χ4n) is 3.55. The highest BCUT2D eigenvalue weighted by atomic mass is 35.5. The molecular formula is C19H17Cl3N4O3S. The molecule has 0 spiro atoms. The van der Waals surface area contributed by atoms with Crippen LogP contribution in [0.15, 0.2) is 55.1 Å². The number of nitrogens with zero attached hydrogens (tertiary/aromatic N) is 4. The lowest BCUT2D eigenvalue weighted by atomic mass is 9.94. The van der Waals surface area contributed by atoms with E-state index in [4.69, 9.17) is 39.5 Å². The van der Waals surface area contributed by atoms with E-state index in [1.165, 1.54) is 17.0 Å². The molecule has 158 valence electrons. The largest absolute Gasteiger partial charge is 0.343 e. The quantitative estimate of drug-likeness (QED) is 0.541. The summed E-state index contributed by atoms with van der Waals surface area (Å²) in [5.74, 6) is 0. The van der Waals surface area contributed by atoms with Gasteiger partial charge in [0, 0.05) is 20.6 Å². The van der Waals surface area contributed by atoms with E-state index in [1.54, 1.807) is 47.1 Å². The fourth-order valence-corrected chi connectivity index (χ4v) is 5.22. The molecule has 1 aromatic heterocycles. The number of benzene rings is 2. The first-order valence-electron chi connectivity index (χ1n) is 8.86. The molecule has 1 aliphatic rings. The summed E-state index contributed by atoms with van der Waals surface area (Å²) in [5.41, 5.74) is 0.132. The first kappa shape index (κ1) is 21.5. The Morgan fingerprint density at radius 2 is 1.83 bits per heavy atom. The van der Waals surface area contributed by atoms with Gasteiger partial charge in [-0.2, -0.15) is 9.40 Å². The van der Waals surface area contributed by atoms with Crippen molar-refractivity contribution in [3.8, 4) is 0 Å². The van der Waals surface area contributed by atoms with Gasteiger partial charge in [0.05, 0.1) is 19.3 Å². The predicted octanol–water partition coefficient (Wildman–Crippen LogP) is 4.12. The molecule has 4 rings (SSSR count). The van der Waals surface area contributed by atoms with Crippen LogP contribution < -0.4 is 0 Å². The van der Waals surface area contributed by atoms with Crippen LogP contribution >= 0.6 is 34.8 Å². The molecule has 1 aliphatic heterocycles. The summed E-state index contributed by atoms with van der Waals surface area (Å²) in [6.07, 6.45) is 3.22. The van der Waals surface area contributed by atoms with E-state index in [2.05, 4.69) is 10.1 Å². The van der Waals surface area contributed by atoms with E-state index in [-0.39, 0.29) is 13.1 Å². The molecule has 2 heterocycles. The smallest absolute Gasteiger partial charge is 0.213 e. The van der Waals surface area contributed by atoms with Gasteiger partial charge < -0.3 is 4.74 Å². The van der Waals surface area contributed by atoms with Gasteiger partial charge in [-0.25, -0.2) is 18.1 Å². The molecule has 30 heavy (non-hydrogen) atoms. The van der Waals surface area contributed by atoms with Crippen LogP contribution in [0.5, 0.6) is 0 Å². The summed E-state index contributed by atoms with van der Waals surface area (Å²) in [6, 6.07) is 11.9. The van der Waals surface area contributed by atoms with Gasteiger partial charge in [-0.15, -0.1) is 0 Å². The summed E-state index contributed by atoms with van der Waals surface area (Å²) < 4.78 is 34.7. The maximum absolute atomic E-state index is 12.7. The maximum Gasteiger partial charge on any atom is 0.213 e. The lowest BCUT2D eigenvalue weighted by Crippen LogP contribution is -2.38. The summed E-state index contributed by atoms with van der Waals surface area (Å²) in [7, 11) is -3.63. The Balaban J connectivity index is 1.86. The van der Waals surface area contributed by atoms with Crippen molar-refractivity contribution >= 4 is 44.8 Å². The van der Waals surface area contributed by atoms with Crippen molar-refractivity contribution in [3.63, 3.8) is 0 Å². The van der Waals surface area contributed by atoms with Gasteiger partial charge in [0.15, 0.2) is 6.23 Å². The number of aromatic nitrogens is 3. The van der Waals surface area contributed by atoms with Gasteiger partial charge >= 0.3 is 0 Å². The molecule has 1 saturated heterocycles. The van der Waals surface area contributed by atoms with Crippen molar-refractivity contribution in [3.05, 3.63) is 81.3 Å². The average Bonchev–Trinajstić information content (AvgIpc) is 3.31. The zero-order valence-electron chi connectivity index (χ0n) is 15.7. The summed E-state index contributed by atoms with van der Waals surface area (Å²) in [6.45, 7) is 0.227. The van der Waals surface area contributed by atoms with Crippen LogP contribution in [0.1, 0.15) is 17.4 Å². The normalized spacial score (nSPS) is 22.5. The predicted molar refractivity (Wildman–Crippen MR) is 115 cm³/mol. The SMILES string of the molecule is CS(=O)(=O)N1CC(Cn2cncn2)(c2ccc(Cl)cc2Cl)OC1c1ccc(Cl)cc1. The second-order valence-corrected chi connectivity index (χ2v) is 10.3. The first-order chi connectivity index (χ1) is 14.2. The first-order valence-corrected chi connectivity index (χ1v) is 11.8. The Morgan fingerprint density at radius 3 is 2.43 bits per heavy atom. The summed E-state index contributed by atoms with van der Waals surface area (Å²) in [4.78, 5) is 3.98. The number of hydrogen-bond acceptors (Lipinski definition) is 5.